The minimum Gasteiger partial charge on any atom is -0.460 e. The number of nitrogens with two attached hydrogens (primary N) is 1. The van der Waals surface area contributed by atoms with Gasteiger partial charge in [-0.3, -0.25) is 28.8 Å². The van der Waals surface area contributed by atoms with Crippen molar-refractivity contribution in [2.45, 2.75) is 147 Å². The first-order valence-electron chi connectivity index (χ1n) is 19.4. The molecule has 0 aromatic carbocycles. The molecule has 1 saturated heterocycles. The predicted octanol–water partition coefficient (Wildman–Crippen LogP) is 1.27. The smallest absolute Gasteiger partial charge is 0.325 e. The molecule has 1 heterocycles. The van der Waals surface area contributed by atoms with Crippen LogP contribution in [0.2, 0.25) is 0 Å². The third kappa shape index (κ3) is 10.9. The van der Waals surface area contributed by atoms with Crippen LogP contribution in [0.3, 0.4) is 0 Å². The van der Waals surface area contributed by atoms with Gasteiger partial charge in [-0.05, 0) is 75.5 Å². The van der Waals surface area contributed by atoms with Crippen molar-refractivity contribution in [3.63, 3.8) is 0 Å². The SMILES string of the molecule is CCC[C@H]1C(=O)N[C@@H](C2CCCCCC2)C(=O)N[C@@H](CN)C(=O)N[C@@H]([C@H](C)O)C(=O)NCC(=O)O[C@H](CC2C[C@H]3CC[C@@H](C2)C3)[C@@H](C)C(=O)N1C. The van der Waals surface area contributed by atoms with Crippen molar-refractivity contribution in [3.8, 4) is 0 Å². The third-order valence-corrected chi connectivity index (χ3v) is 11.7. The zero-order valence-electron chi connectivity index (χ0n) is 31.0. The van der Waals surface area contributed by atoms with Gasteiger partial charge in [0, 0.05) is 13.6 Å². The monoisotopic (exact) mass is 718 g/mol. The molecular weight excluding hydrogens is 656 g/mol. The van der Waals surface area contributed by atoms with E-state index in [4.69, 9.17) is 10.5 Å². The summed E-state index contributed by atoms with van der Waals surface area (Å²) in [5.41, 5.74) is 5.92. The van der Waals surface area contributed by atoms with Crippen LogP contribution in [-0.4, -0.2) is 102 Å². The molecule has 3 aliphatic carbocycles. The zero-order chi connectivity index (χ0) is 37.2. The standard InChI is InChI=1S/C37H62N6O8/c1-5-10-28-34(47)42-32(26-11-8-6-7-9-12-26)36(49)40-27(19-38)33(46)41-31(22(3)44)35(48)39-20-30(45)51-29(21(2)37(50)43(28)4)18-25-16-23-13-14-24(15-23)17-25/h21-29,31-32,44H,5-20,38H2,1-4H3,(H,39,48)(H,40,49)(H,41,46)(H,42,47)/t21-,22+,23-,24+,25?,27+,28+,29-,31+,32+/m1/s1. The summed E-state index contributed by atoms with van der Waals surface area (Å²) in [6, 6.07) is -4.63. The largest absolute Gasteiger partial charge is 0.460 e. The number of carbonyl (C=O) groups is 6. The molecule has 4 fully saturated rings. The topological polar surface area (TPSA) is 209 Å². The summed E-state index contributed by atoms with van der Waals surface area (Å²) < 4.78 is 5.96. The Labute approximate surface area is 302 Å². The van der Waals surface area contributed by atoms with Gasteiger partial charge >= 0.3 is 5.97 Å². The molecule has 1 aliphatic heterocycles. The molecule has 51 heavy (non-hydrogen) atoms. The number of likely N-dealkylation sites (N-methyl/N-ethyl adjacent to an activating group) is 1. The van der Waals surface area contributed by atoms with Crippen molar-refractivity contribution >= 4 is 35.5 Å². The van der Waals surface area contributed by atoms with E-state index in [9.17, 15) is 33.9 Å². The highest BCUT2D eigenvalue weighted by molar-refractivity contribution is 5.96. The molecule has 1 unspecified atom stereocenters. The number of carbonyl (C=O) groups excluding carboxylic acids is 6. The van der Waals surface area contributed by atoms with E-state index in [0.717, 1.165) is 38.5 Å². The van der Waals surface area contributed by atoms with Gasteiger partial charge < -0.3 is 41.7 Å². The van der Waals surface area contributed by atoms with Gasteiger partial charge in [0.05, 0.1) is 12.0 Å². The van der Waals surface area contributed by atoms with E-state index in [-0.39, 0.29) is 24.3 Å². The second kappa shape index (κ2) is 19.0. The van der Waals surface area contributed by atoms with Crippen LogP contribution in [0, 0.1) is 29.6 Å². The Hall–Kier alpha value is -3.26. The summed E-state index contributed by atoms with van der Waals surface area (Å²) in [4.78, 5) is 83.5. The number of amides is 5. The predicted molar refractivity (Wildman–Crippen MR) is 189 cm³/mol. The van der Waals surface area contributed by atoms with E-state index in [2.05, 4.69) is 21.3 Å². The van der Waals surface area contributed by atoms with Crippen LogP contribution < -0.4 is 27.0 Å². The number of nitrogens with zero attached hydrogens (tertiary/aromatic N) is 1. The third-order valence-electron chi connectivity index (χ3n) is 11.7. The summed E-state index contributed by atoms with van der Waals surface area (Å²) in [7, 11) is 1.58. The maximum atomic E-state index is 14.2. The number of ether oxygens (including phenoxy) is 1. The van der Waals surface area contributed by atoms with Crippen molar-refractivity contribution in [2.75, 3.05) is 20.1 Å². The fourth-order valence-electron chi connectivity index (χ4n) is 8.85. The summed E-state index contributed by atoms with van der Waals surface area (Å²) in [5, 5.41) is 21.0. The van der Waals surface area contributed by atoms with Crippen molar-refractivity contribution in [2.24, 2.45) is 35.3 Å². The summed E-state index contributed by atoms with van der Waals surface area (Å²) in [6.07, 6.45) is 10.0. The van der Waals surface area contributed by atoms with Gasteiger partial charge in [-0.1, -0.05) is 58.8 Å². The number of aliphatic hydroxyl groups is 1. The lowest BCUT2D eigenvalue weighted by molar-refractivity contribution is -0.158. The summed E-state index contributed by atoms with van der Waals surface area (Å²) in [6.45, 7) is 4.07. The van der Waals surface area contributed by atoms with E-state index < -0.39 is 78.4 Å². The van der Waals surface area contributed by atoms with E-state index in [1.54, 1.807) is 14.0 Å². The molecule has 10 atom stereocenters. The van der Waals surface area contributed by atoms with E-state index in [1.165, 1.54) is 31.1 Å². The highest BCUT2D eigenvalue weighted by atomic mass is 16.5. The molecule has 5 amide bonds. The van der Waals surface area contributed by atoms with Crippen LogP contribution in [0.5, 0.6) is 0 Å². The second-order valence-electron chi connectivity index (χ2n) is 15.7. The van der Waals surface area contributed by atoms with E-state index >= 15 is 0 Å². The lowest BCUT2D eigenvalue weighted by Crippen LogP contribution is -2.62. The van der Waals surface area contributed by atoms with Crippen molar-refractivity contribution in [1.82, 2.24) is 26.2 Å². The number of hydrogen-bond donors (Lipinski definition) is 6. The van der Waals surface area contributed by atoms with Crippen LogP contribution in [0.25, 0.3) is 0 Å². The molecular formula is C37H62N6O8. The summed E-state index contributed by atoms with van der Waals surface area (Å²) in [5.74, 6) is -3.29. The van der Waals surface area contributed by atoms with Crippen molar-refractivity contribution in [3.05, 3.63) is 0 Å². The van der Waals surface area contributed by atoms with Gasteiger partial charge in [-0.25, -0.2) is 0 Å². The lowest BCUT2D eigenvalue weighted by Gasteiger charge is -2.36. The number of nitrogens with one attached hydrogen (secondary N) is 4. The fourth-order valence-corrected chi connectivity index (χ4v) is 8.85. The van der Waals surface area contributed by atoms with Crippen molar-refractivity contribution in [1.29, 1.82) is 0 Å². The Balaban J connectivity index is 1.68. The second-order valence-corrected chi connectivity index (χ2v) is 15.7. The number of esters is 1. The van der Waals surface area contributed by atoms with Gasteiger partial charge in [-0.2, -0.15) is 0 Å². The van der Waals surface area contributed by atoms with Crippen LogP contribution in [0.1, 0.15) is 111 Å². The van der Waals surface area contributed by atoms with Gasteiger partial charge in [0.1, 0.15) is 36.8 Å². The maximum absolute atomic E-state index is 14.2. The molecule has 14 heteroatoms. The average molecular weight is 719 g/mol. The first kappa shape index (κ1) is 40.5. The molecule has 288 valence electrons. The Morgan fingerprint density at radius 3 is 2.10 bits per heavy atom. The van der Waals surface area contributed by atoms with Crippen LogP contribution in [-0.2, 0) is 33.5 Å². The minimum absolute atomic E-state index is 0.208. The quantitative estimate of drug-likeness (QED) is 0.165. The number of aliphatic hydroxyl groups excluding tert-OH is 1. The normalized spacial score (nSPS) is 34.9. The number of hydrogen-bond acceptors (Lipinski definition) is 9. The summed E-state index contributed by atoms with van der Waals surface area (Å²) >= 11 is 0. The molecule has 0 radical (unpaired) electrons. The molecule has 7 N–H and O–H groups in total. The van der Waals surface area contributed by atoms with Crippen LogP contribution in [0.4, 0.5) is 0 Å². The number of cyclic esters (lactones) is 1. The zero-order valence-corrected chi connectivity index (χ0v) is 31.0. The Morgan fingerprint density at radius 2 is 1.51 bits per heavy atom. The van der Waals surface area contributed by atoms with Gasteiger partial charge in [-0.15, -0.1) is 0 Å². The Bertz CT molecular complexity index is 1230. The van der Waals surface area contributed by atoms with Crippen molar-refractivity contribution < 1.29 is 38.6 Å². The minimum atomic E-state index is -1.46. The Morgan fingerprint density at radius 1 is 0.863 bits per heavy atom. The highest BCUT2D eigenvalue weighted by Gasteiger charge is 2.41. The lowest BCUT2D eigenvalue weighted by atomic mass is 9.77. The molecule has 3 saturated carbocycles. The van der Waals surface area contributed by atoms with Gasteiger partial charge in [0.25, 0.3) is 0 Å². The van der Waals surface area contributed by atoms with Crippen LogP contribution in [0.15, 0.2) is 0 Å². The molecule has 0 aromatic rings. The molecule has 4 aliphatic rings. The molecule has 0 spiro atoms. The van der Waals surface area contributed by atoms with E-state index in [0.29, 0.717) is 43.9 Å². The first-order chi connectivity index (χ1) is 24.3. The first-order valence-corrected chi connectivity index (χ1v) is 19.4. The average Bonchev–Trinajstić information content (AvgIpc) is 3.26. The Kier molecular flexibility index (Phi) is 15.1. The molecule has 4 rings (SSSR count). The maximum Gasteiger partial charge on any atom is 0.325 e. The molecule has 14 nitrogen and oxygen atoms in total. The fraction of sp³-hybridized carbons (Fsp3) is 0.838. The van der Waals surface area contributed by atoms with Crippen LogP contribution >= 0.6 is 0 Å². The molecule has 0 aromatic heterocycles. The highest BCUT2D eigenvalue weighted by Crippen LogP contribution is 2.46. The van der Waals surface area contributed by atoms with Gasteiger partial charge in [0.15, 0.2) is 0 Å². The van der Waals surface area contributed by atoms with E-state index in [1.807, 2.05) is 6.92 Å². The number of fused-ring (bicyclic) bond motifs is 2. The van der Waals surface area contributed by atoms with Gasteiger partial charge in [0.2, 0.25) is 29.5 Å². The number of rotatable bonds is 7. The molecule has 2 bridgehead atoms.